The van der Waals surface area contributed by atoms with Crippen molar-refractivity contribution in [2.24, 2.45) is 0 Å². The Balaban J connectivity index is 3.80. The van der Waals surface area contributed by atoms with Gasteiger partial charge in [0.15, 0.2) is 0 Å². The molecule has 0 aliphatic rings. The third-order valence-electron chi connectivity index (χ3n) is 1.79. The molecule has 62 valence electrons. The van der Waals surface area contributed by atoms with Crippen molar-refractivity contribution >= 4 is 72.5 Å². The number of halogens is 3. The number of hydrogen-bond acceptors (Lipinski definition) is 0. The number of hydrogen-bond donors (Lipinski definition) is 0. The highest BCUT2D eigenvalue weighted by Gasteiger charge is 2.26. The van der Waals surface area contributed by atoms with Crippen LogP contribution in [0, 0.1) is 0 Å². The summed E-state index contributed by atoms with van der Waals surface area (Å²) in [5.41, 5.74) is -0.805. The zero-order chi connectivity index (χ0) is 8.20. The zero-order valence-corrected chi connectivity index (χ0v) is 13.8. The van der Waals surface area contributed by atoms with Gasteiger partial charge in [0.05, 0.1) is 1.93 Å². The maximum atomic E-state index is 2.75. The first-order valence-corrected chi connectivity index (χ1v) is 11.7. The zero-order valence-electron chi connectivity index (χ0n) is 6.33. The quantitative estimate of drug-likeness (QED) is 0.232. The lowest BCUT2D eigenvalue weighted by molar-refractivity contribution is 1.24. The molecule has 0 aliphatic carbocycles. The van der Waals surface area contributed by atoms with Gasteiger partial charge in [-0.25, -0.2) is 0 Å². The van der Waals surface area contributed by atoms with E-state index in [1.807, 2.05) is 0 Å². The Hall–Kier alpha value is 2.41. The summed E-state index contributed by atoms with van der Waals surface area (Å²) in [5, 5.41) is 0. The topological polar surface area (TPSA) is 0 Å². The molecular weight excluding hydrogens is 481 g/mol. The maximum absolute atomic E-state index is 2.75. The molecule has 0 N–H and O–H groups in total. The van der Waals surface area contributed by atoms with Gasteiger partial charge in [0.1, 0.15) is 5.57 Å². The predicted octanol–water partition coefficient (Wildman–Crippen LogP) is 4.60. The van der Waals surface area contributed by atoms with E-state index in [2.05, 4.69) is 80.8 Å². The van der Waals surface area contributed by atoms with Crippen LogP contribution in [0.4, 0.5) is 0 Å². The Labute approximate surface area is 105 Å². The second-order valence-corrected chi connectivity index (χ2v) is 18.8. The van der Waals surface area contributed by atoms with Gasteiger partial charge in [-0.15, -0.1) is 21.8 Å². The molecular formula is C6H13I3Si. The molecule has 0 radical (unpaired) electrons. The lowest BCUT2D eigenvalue weighted by Gasteiger charge is -2.22. The minimum atomic E-state index is -0.805. The highest BCUT2D eigenvalue weighted by Crippen LogP contribution is 2.33. The SMILES string of the molecule is CC[Si](I)(CC)CC(I)I. The van der Waals surface area contributed by atoms with Gasteiger partial charge in [-0.1, -0.05) is 71.1 Å². The van der Waals surface area contributed by atoms with Crippen molar-refractivity contribution in [1.82, 2.24) is 0 Å². The van der Waals surface area contributed by atoms with Gasteiger partial charge in [0.25, 0.3) is 0 Å². The lowest BCUT2D eigenvalue weighted by atomic mass is 10.9. The summed E-state index contributed by atoms with van der Waals surface area (Å²) in [4.78, 5) is 0. The van der Waals surface area contributed by atoms with Crippen molar-refractivity contribution in [3.05, 3.63) is 0 Å². The summed E-state index contributed by atoms with van der Waals surface area (Å²) in [6, 6.07) is 4.35. The molecule has 0 amide bonds. The van der Waals surface area contributed by atoms with Gasteiger partial charge in [-0.3, -0.25) is 0 Å². The van der Waals surface area contributed by atoms with E-state index in [9.17, 15) is 0 Å². The standard InChI is InChI=1S/C6H13I3Si/c1-3-10(9,4-2)5-6(7)8/h6H,3-5H2,1-2H3. The third-order valence-corrected chi connectivity index (χ3v) is 13.9. The van der Waals surface area contributed by atoms with Crippen molar-refractivity contribution in [1.29, 1.82) is 0 Å². The highest BCUT2D eigenvalue weighted by atomic mass is 127. The molecule has 0 aromatic rings. The van der Waals surface area contributed by atoms with Crippen LogP contribution in [0.3, 0.4) is 0 Å². The molecule has 0 atom stereocenters. The Bertz CT molecular complexity index is 91.0. The molecule has 0 saturated carbocycles. The van der Waals surface area contributed by atoms with Crippen molar-refractivity contribution in [3.63, 3.8) is 0 Å². The first-order chi connectivity index (χ1) is 4.54. The van der Waals surface area contributed by atoms with Gasteiger partial charge in [0.2, 0.25) is 0 Å². The normalized spacial score (nSPS) is 12.6. The van der Waals surface area contributed by atoms with Crippen LogP contribution in [-0.4, -0.2) is 7.50 Å². The van der Waals surface area contributed by atoms with Crippen molar-refractivity contribution < 1.29 is 0 Å². The molecule has 10 heavy (non-hydrogen) atoms. The highest BCUT2D eigenvalue weighted by molar-refractivity contribution is 14.2. The first-order valence-electron chi connectivity index (χ1n) is 3.51. The first kappa shape index (κ1) is 12.4. The minimum Gasteiger partial charge on any atom is -0.119 e. The van der Waals surface area contributed by atoms with E-state index in [1.54, 1.807) is 0 Å². The molecule has 0 unspecified atom stereocenters. The molecule has 0 nitrogen and oxygen atoms in total. The van der Waals surface area contributed by atoms with E-state index in [1.165, 1.54) is 18.1 Å². The van der Waals surface area contributed by atoms with Gasteiger partial charge >= 0.3 is 0 Å². The van der Waals surface area contributed by atoms with Gasteiger partial charge in [-0.2, -0.15) is 0 Å². The Morgan fingerprint density at radius 1 is 1.20 bits per heavy atom. The molecule has 0 rings (SSSR count). The van der Waals surface area contributed by atoms with Gasteiger partial charge in [0, 0.05) is 0 Å². The Kier molecular flexibility index (Phi) is 7.38. The Morgan fingerprint density at radius 2 is 1.60 bits per heavy atom. The largest absolute Gasteiger partial charge is 0.126 e. The van der Waals surface area contributed by atoms with Crippen LogP contribution >= 0.6 is 67.0 Å². The summed E-state index contributed by atoms with van der Waals surface area (Å²) in [7, 11) is 0. The van der Waals surface area contributed by atoms with Crippen LogP contribution in [0.25, 0.3) is 0 Å². The van der Waals surface area contributed by atoms with Crippen LogP contribution in [0.15, 0.2) is 0 Å². The summed E-state index contributed by atoms with van der Waals surface area (Å²) in [6.07, 6.45) is 0. The van der Waals surface area contributed by atoms with Crippen LogP contribution in [0.1, 0.15) is 13.8 Å². The molecule has 0 heterocycles. The molecule has 0 fully saturated rings. The van der Waals surface area contributed by atoms with Crippen molar-refractivity contribution in [2.45, 2.75) is 33.9 Å². The van der Waals surface area contributed by atoms with Crippen LogP contribution < -0.4 is 0 Å². The minimum absolute atomic E-state index is 0.805. The van der Waals surface area contributed by atoms with E-state index >= 15 is 0 Å². The van der Waals surface area contributed by atoms with E-state index in [0.717, 1.165) is 1.93 Å². The molecule has 0 aromatic heterocycles. The molecule has 4 heteroatoms. The van der Waals surface area contributed by atoms with Crippen LogP contribution in [-0.2, 0) is 0 Å². The Morgan fingerprint density at radius 3 is 1.70 bits per heavy atom. The average Bonchev–Trinajstić information content (AvgIpc) is 1.87. The molecule has 0 bridgehead atoms. The lowest BCUT2D eigenvalue weighted by Crippen LogP contribution is -2.25. The molecule has 0 spiro atoms. The summed E-state index contributed by atoms with van der Waals surface area (Å²) in [5.74, 6) is 0. The second-order valence-electron chi connectivity index (χ2n) is 2.45. The van der Waals surface area contributed by atoms with Gasteiger partial charge in [-0.05, 0) is 6.04 Å². The van der Waals surface area contributed by atoms with E-state index in [0.29, 0.717) is 0 Å². The number of rotatable bonds is 4. The summed E-state index contributed by atoms with van der Waals surface area (Å²) in [6.45, 7) is 4.69. The summed E-state index contributed by atoms with van der Waals surface area (Å²) >= 11 is 7.81. The predicted molar refractivity (Wildman–Crippen MR) is 77.4 cm³/mol. The second kappa shape index (κ2) is 5.95. The van der Waals surface area contributed by atoms with Gasteiger partial charge < -0.3 is 0 Å². The summed E-state index contributed by atoms with van der Waals surface area (Å²) < 4.78 is 0.846. The molecule has 0 aliphatic heterocycles. The van der Waals surface area contributed by atoms with E-state index < -0.39 is 5.57 Å². The van der Waals surface area contributed by atoms with Crippen molar-refractivity contribution in [2.75, 3.05) is 0 Å². The monoisotopic (exact) mass is 494 g/mol. The van der Waals surface area contributed by atoms with Crippen molar-refractivity contribution in [3.8, 4) is 0 Å². The molecule has 0 aromatic carbocycles. The van der Waals surface area contributed by atoms with E-state index in [-0.39, 0.29) is 0 Å². The fourth-order valence-electron chi connectivity index (χ4n) is 0.815. The molecule has 0 saturated heterocycles. The van der Waals surface area contributed by atoms with E-state index in [4.69, 9.17) is 0 Å². The fourth-order valence-corrected chi connectivity index (χ4v) is 13.9. The number of alkyl halides is 2. The smallest absolute Gasteiger partial charge is 0.119 e. The maximum Gasteiger partial charge on any atom is 0.126 e. The third kappa shape index (κ3) is 5.12. The fraction of sp³-hybridized carbons (Fsp3) is 1.00. The average molecular weight is 494 g/mol. The van der Waals surface area contributed by atoms with Crippen LogP contribution in [0.5, 0.6) is 0 Å². The van der Waals surface area contributed by atoms with Crippen LogP contribution in [0.2, 0.25) is 18.1 Å².